The SMILES string of the molecule is Cc1cc(C)cc(Nc2ncc3c(n2)CN([C@@H]2CCN(C(=O)c4cc(NS(C)(=O)=O)ncc4C#N)[C@H](C)C2)C3)c1. The minimum atomic E-state index is -3.58. The molecule has 40 heavy (non-hydrogen) atoms. The van der Waals surface area contributed by atoms with E-state index < -0.39 is 10.0 Å². The number of piperidine rings is 1. The molecule has 0 spiro atoms. The zero-order chi connectivity index (χ0) is 28.6. The van der Waals surface area contributed by atoms with E-state index in [-0.39, 0.29) is 34.9 Å². The third-order valence-electron chi connectivity index (χ3n) is 7.33. The van der Waals surface area contributed by atoms with Gasteiger partial charge in [0.05, 0.1) is 23.1 Å². The summed E-state index contributed by atoms with van der Waals surface area (Å²) >= 11 is 0. The summed E-state index contributed by atoms with van der Waals surface area (Å²) in [4.78, 5) is 30.9. The van der Waals surface area contributed by atoms with E-state index in [1.54, 1.807) is 4.90 Å². The lowest BCUT2D eigenvalue weighted by Crippen LogP contribution is -2.50. The van der Waals surface area contributed by atoms with Crippen LogP contribution in [0.4, 0.5) is 17.5 Å². The maximum atomic E-state index is 13.5. The average molecular weight is 561 g/mol. The fraction of sp³-hybridized carbons (Fsp3) is 0.393. The van der Waals surface area contributed by atoms with E-state index >= 15 is 0 Å². The molecule has 4 heterocycles. The molecule has 0 saturated carbocycles. The first-order valence-electron chi connectivity index (χ1n) is 13.1. The molecule has 0 radical (unpaired) electrons. The van der Waals surface area contributed by atoms with Gasteiger partial charge in [0.15, 0.2) is 0 Å². The summed E-state index contributed by atoms with van der Waals surface area (Å²) in [6.45, 7) is 8.12. The molecule has 3 aromatic rings. The smallest absolute Gasteiger partial charge is 0.255 e. The third-order valence-corrected chi connectivity index (χ3v) is 7.91. The van der Waals surface area contributed by atoms with Gasteiger partial charge in [-0.2, -0.15) is 5.26 Å². The van der Waals surface area contributed by atoms with Crippen molar-refractivity contribution in [3.63, 3.8) is 0 Å². The number of hydrogen-bond acceptors (Lipinski definition) is 9. The van der Waals surface area contributed by atoms with Crippen molar-refractivity contribution >= 4 is 33.4 Å². The highest BCUT2D eigenvalue weighted by atomic mass is 32.2. The van der Waals surface area contributed by atoms with E-state index in [9.17, 15) is 18.5 Å². The Morgan fingerprint density at radius 3 is 2.52 bits per heavy atom. The summed E-state index contributed by atoms with van der Waals surface area (Å²) in [6, 6.07) is 9.78. The topological polar surface area (TPSA) is 144 Å². The molecule has 1 fully saturated rings. The summed E-state index contributed by atoms with van der Waals surface area (Å²) in [5.41, 5.74) is 5.68. The van der Waals surface area contributed by atoms with Crippen molar-refractivity contribution in [2.45, 2.75) is 58.8 Å². The first-order valence-corrected chi connectivity index (χ1v) is 15.0. The molecule has 2 aliphatic rings. The van der Waals surface area contributed by atoms with E-state index in [1.165, 1.54) is 23.4 Å². The normalized spacial score (nSPS) is 19.1. The molecule has 0 aliphatic carbocycles. The fourth-order valence-electron chi connectivity index (χ4n) is 5.58. The van der Waals surface area contributed by atoms with Crippen LogP contribution in [0.1, 0.15) is 58.1 Å². The number of carbonyl (C=O) groups excluding carboxylic acids is 1. The number of nitrogens with zero attached hydrogens (tertiary/aromatic N) is 6. The molecule has 1 amide bonds. The van der Waals surface area contributed by atoms with Gasteiger partial charge in [0.25, 0.3) is 5.91 Å². The Hall–Kier alpha value is -4.08. The second-order valence-corrected chi connectivity index (χ2v) is 12.4. The molecular formula is C28H32N8O3S. The molecule has 0 unspecified atom stereocenters. The van der Waals surface area contributed by atoms with Crippen LogP contribution < -0.4 is 10.0 Å². The number of carbonyl (C=O) groups is 1. The minimum Gasteiger partial charge on any atom is -0.336 e. The number of aryl methyl sites for hydroxylation is 2. The molecule has 5 rings (SSSR count). The van der Waals surface area contributed by atoms with E-state index in [0.29, 0.717) is 19.0 Å². The predicted octanol–water partition coefficient (Wildman–Crippen LogP) is 3.48. The quantitative estimate of drug-likeness (QED) is 0.463. The Morgan fingerprint density at radius 1 is 1.10 bits per heavy atom. The number of anilines is 3. The maximum Gasteiger partial charge on any atom is 0.255 e. The van der Waals surface area contributed by atoms with Gasteiger partial charge in [-0.25, -0.2) is 23.4 Å². The highest BCUT2D eigenvalue weighted by molar-refractivity contribution is 7.92. The number of nitrogens with one attached hydrogen (secondary N) is 2. The molecule has 1 aromatic carbocycles. The molecule has 12 heteroatoms. The first-order chi connectivity index (χ1) is 19.0. The largest absolute Gasteiger partial charge is 0.336 e. The number of nitriles is 1. The summed E-state index contributed by atoms with van der Waals surface area (Å²) in [5.74, 6) is 0.281. The van der Waals surface area contributed by atoms with Gasteiger partial charge < -0.3 is 10.2 Å². The highest BCUT2D eigenvalue weighted by Crippen LogP contribution is 2.31. The Balaban J connectivity index is 1.25. The van der Waals surface area contributed by atoms with Crippen molar-refractivity contribution in [2.75, 3.05) is 22.8 Å². The van der Waals surface area contributed by atoms with Gasteiger partial charge in [-0.3, -0.25) is 14.4 Å². The Bertz CT molecular complexity index is 1600. The number of benzene rings is 1. The number of fused-ring (bicyclic) bond motifs is 1. The highest BCUT2D eigenvalue weighted by Gasteiger charge is 2.35. The van der Waals surface area contributed by atoms with Crippen LogP contribution in [-0.4, -0.2) is 64.0 Å². The zero-order valence-electron chi connectivity index (χ0n) is 23.0. The maximum absolute atomic E-state index is 13.5. The van der Waals surface area contributed by atoms with Crippen molar-refractivity contribution in [3.05, 3.63) is 70.2 Å². The van der Waals surface area contributed by atoms with E-state index in [4.69, 9.17) is 4.98 Å². The Morgan fingerprint density at radius 2 is 1.85 bits per heavy atom. The van der Waals surface area contributed by atoms with Gasteiger partial charge in [0.2, 0.25) is 16.0 Å². The lowest BCUT2D eigenvalue weighted by atomic mass is 9.95. The fourth-order valence-corrected chi connectivity index (χ4v) is 6.07. The van der Waals surface area contributed by atoms with Gasteiger partial charge >= 0.3 is 0 Å². The molecular weight excluding hydrogens is 528 g/mol. The molecule has 208 valence electrons. The summed E-state index contributed by atoms with van der Waals surface area (Å²) < 4.78 is 25.5. The average Bonchev–Trinajstić information content (AvgIpc) is 3.30. The molecule has 11 nitrogen and oxygen atoms in total. The van der Waals surface area contributed by atoms with Crippen LogP contribution >= 0.6 is 0 Å². The van der Waals surface area contributed by atoms with Crippen LogP contribution in [0.15, 0.2) is 36.7 Å². The summed E-state index contributed by atoms with van der Waals surface area (Å²) in [7, 11) is -3.58. The van der Waals surface area contributed by atoms with Crippen molar-refractivity contribution in [1.29, 1.82) is 5.26 Å². The molecule has 0 bridgehead atoms. The van der Waals surface area contributed by atoms with Crippen LogP contribution in [-0.2, 0) is 23.1 Å². The van der Waals surface area contributed by atoms with Gasteiger partial charge in [-0.15, -0.1) is 0 Å². The summed E-state index contributed by atoms with van der Waals surface area (Å²) in [5, 5.41) is 12.9. The molecule has 2 N–H and O–H groups in total. The van der Waals surface area contributed by atoms with E-state index in [1.807, 2.05) is 19.2 Å². The molecule has 2 aromatic heterocycles. The van der Waals surface area contributed by atoms with Gasteiger partial charge in [0, 0.05) is 55.4 Å². The van der Waals surface area contributed by atoms with Crippen molar-refractivity contribution in [2.24, 2.45) is 0 Å². The predicted molar refractivity (Wildman–Crippen MR) is 151 cm³/mol. The Labute approximate surface area is 234 Å². The Kier molecular flexibility index (Phi) is 7.44. The van der Waals surface area contributed by atoms with Gasteiger partial charge in [0.1, 0.15) is 11.9 Å². The van der Waals surface area contributed by atoms with Crippen LogP contribution in [0.25, 0.3) is 0 Å². The number of pyridine rings is 1. The lowest BCUT2D eigenvalue weighted by Gasteiger charge is -2.41. The molecule has 2 aliphatic heterocycles. The van der Waals surface area contributed by atoms with Gasteiger partial charge in [-0.05, 0) is 62.9 Å². The van der Waals surface area contributed by atoms with Crippen LogP contribution in [0.3, 0.4) is 0 Å². The van der Waals surface area contributed by atoms with E-state index in [0.717, 1.165) is 42.6 Å². The van der Waals surface area contributed by atoms with Crippen LogP contribution in [0.2, 0.25) is 0 Å². The van der Waals surface area contributed by atoms with Crippen molar-refractivity contribution in [1.82, 2.24) is 24.8 Å². The lowest BCUT2D eigenvalue weighted by molar-refractivity contribution is 0.0460. The second kappa shape index (κ2) is 10.8. The zero-order valence-corrected chi connectivity index (χ0v) is 23.8. The van der Waals surface area contributed by atoms with Gasteiger partial charge in [-0.1, -0.05) is 6.07 Å². The minimum absolute atomic E-state index is 0.00900. The van der Waals surface area contributed by atoms with E-state index in [2.05, 4.69) is 57.0 Å². The molecule has 2 atom stereocenters. The summed E-state index contributed by atoms with van der Waals surface area (Å²) in [6.07, 6.45) is 5.66. The number of sulfonamides is 1. The van der Waals surface area contributed by atoms with Crippen LogP contribution in [0.5, 0.6) is 0 Å². The van der Waals surface area contributed by atoms with Crippen LogP contribution in [0, 0.1) is 25.2 Å². The number of aromatic nitrogens is 3. The number of likely N-dealkylation sites (tertiary alicyclic amines) is 1. The van der Waals surface area contributed by atoms with Crippen molar-refractivity contribution < 1.29 is 13.2 Å². The number of amides is 1. The van der Waals surface area contributed by atoms with Crippen molar-refractivity contribution in [3.8, 4) is 6.07 Å². The first kappa shape index (κ1) is 27.5. The third kappa shape index (κ3) is 6.05. The second-order valence-electron chi connectivity index (χ2n) is 10.7. The monoisotopic (exact) mass is 560 g/mol. The number of rotatable bonds is 6. The number of hydrogen-bond donors (Lipinski definition) is 2. The molecule has 1 saturated heterocycles. The standard InChI is InChI=1S/C28H32N8O3S/c1-17-7-18(2)9-22(8-17)32-28-31-14-21-15-35(16-25(21)33-28)23-5-6-36(19(3)10-23)27(37)24-11-26(34-40(4,38)39)30-13-20(24)12-29/h7-9,11,13-14,19,23H,5-6,10,15-16H2,1-4H3,(H,30,34)(H,31,32,33)/t19-,23-/m1/s1.